The zero-order valence-corrected chi connectivity index (χ0v) is 20.0. The van der Waals surface area contributed by atoms with E-state index in [1.807, 2.05) is 0 Å². The Hall–Kier alpha value is -0.780. The zero-order chi connectivity index (χ0) is 22.9. The van der Waals surface area contributed by atoms with E-state index in [1.54, 1.807) is 5.57 Å². The number of alkyl halides is 2. The van der Waals surface area contributed by atoms with Crippen LogP contribution < -0.4 is 0 Å². The first-order valence-electron chi connectivity index (χ1n) is 13.0. The molecule has 0 aromatic carbocycles. The van der Waals surface area contributed by atoms with E-state index >= 15 is 0 Å². The highest BCUT2D eigenvalue weighted by atomic mass is 19.3. The van der Waals surface area contributed by atoms with Crippen LogP contribution in [0.2, 0.25) is 0 Å². The van der Waals surface area contributed by atoms with Crippen molar-refractivity contribution < 1.29 is 19.0 Å². The van der Waals surface area contributed by atoms with Gasteiger partial charge in [0.15, 0.2) is 0 Å². The van der Waals surface area contributed by atoms with Crippen molar-refractivity contribution in [2.24, 2.45) is 29.1 Å². The van der Waals surface area contributed by atoms with Crippen molar-refractivity contribution in [1.29, 1.82) is 0 Å². The predicted molar refractivity (Wildman–Crippen MR) is 125 cm³/mol. The summed E-state index contributed by atoms with van der Waals surface area (Å²) in [6, 6.07) is 0. The van der Waals surface area contributed by atoms with Gasteiger partial charge >= 0.3 is 0 Å². The third kappa shape index (κ3) is 5.47. The van der Waals surface area contributed by atoms with Crippen molar-refractivity contribution in [3.8, 4) is 0 Å². The number of aliphatic hydroxyl groups is 2. The number of likely N-dealkylation sites (tertiary alicyclic amines) is 1. The van der Waals surface area contributed by atoms with Crippen LogP contribution in [0.3, 0.4) is 0 Å². The molecule has 3 saturated carbocycles. The average Bonchev–Trinajstić information content (AvgIpc) is 3.28. The average molecular weight is 452 g/mol. The first-order chi connectivity index (χ1) is 15.2. The molecule has 3 nitrogen and oxygen atoms in total. The quantitative estimate of drug-likeness (QED) is 0.554. The maximum atomic E-state index is 12.8. The fourth-order valence-corrected chi connectivity index (χ4v) is 7.80. The minimum atomic E-state index is -2.17. The molecule has 32 heavy (non-hydrogen) atoms. The number of nitrogens with zero attached hydrogens (tertiary/aromatic N) is 1. The first kappa shape index (κ1) is 24.3. The molecule has 182 valence electrons. The van der Waals surface area contributed by atoms with Gasteiger partial charge < -0.3 is 15.1 Å². The number of halogens is 2. The molecule has 0 aromatic heterocycles. The molecular formula is C27H43F2NO2. The normalized spacial score (nSPS) is 40.8. The van der Waals surface area contributed by atoms with E-state index in [0.29, 0.717) is 42.4 Å². The van der Waals surface area contributed by atoms with Gasteiger partial charge in [0.25, 0.3) is 0 Å². The fourth-order valence-electron chi connectivity index (χ4n) is 7.80. The van der Waals surface area contributed by atoms with Gasteiger partial charge in [0.2, 0.25) is 6.43 Å². The highest BCUT2D eigenvalue weighted by Crippen LogP contribution is 2.59. The zero-order valence-electron chi connectivity index (χ0n) is 20.0. The molecule has 4 fully saturated rings. The number of hydrogen-bond donors (Lipinski definition) is 2. The number of fused-ring (bicyclic) bond motifs is 1. The summed E-state index contributed by atoms with van der Waals surface area (Å²) in [7, 11) is 0. The Labute approximate surface area is 193 Å². The lowest BCUT2D eigenvalue weighted by Gasteiger charge is -2.45. The molecule has 0 radical (unpaired) electrons. The van der Waals surface area contributed by atoms with Gasteiger partial charge in [-0.25, -0.2) is 8.78 Å². The van der Waals surface area contributed by atoms with Crippen LogP contribution >= 0.6 is 0 Å². The second kappa shape index (κ2) is 10.2. The monoisotopic (exact) mass is 451 g/mol. The van der Waals surface area contributed by atoms with Crippen molar-refractivity contribution in [3.05, 3.63) is 23.3 Å². The summed E-state index contributed by atoms with van der Waals surface area (Å²) < 4.78 is 25.5. The van der Waals surface area contributed by atoms with Crippen LogP contribution in [-0.4, -0.2) is 53.4 Å². The summed E-state index contributed by atoms with van der Waals surface area (Å²) in [5.74, 6) is 2.08. The van der Waals surface area contributed by atoms with Gasteiger partial charge in [-0.3, -0.25) is 0 Å². The van der Waals surface area contributed by atoms with E-state index < -0.39 is 18.6 Å². The molecular weight excluding hydrogens is 408 g/mol. The molecule has 4 rings (SSSR count). The summed E-state index contributed by atoms with van der Waals surface area (Å²) in [5, 5.41) is 20.0. The minimum absolute atomic E-state index is 0.0613. The standard InChI is InChI=1S/C27H43F2NO2/c1-18(16-30-11-9-20(17-30)14-26(28)29)24-7-8-25-21(4-3-10-27(24,25)2)6-5-19-12-22(31)15-23(32)13-19/h5-6,18,20,22-26,31-32H,3-4,7-17H2,1-2H3/b21-6+/t18-,20-,22-,23-,24-,25?,27-/m1/s1. The lowest BCUT2D eigenvalue weighted by atomic mass is 9.61. The second-order valence-corrected chi connectivity index (χ2v) is 11.6. The summed E-state index contributed by atoms with van der Waals surface area (Å²) in [5.41, 5.74) is 3.07. The van der Waals surface area contributed by atoms with Gasteiger partial charge in [-0.1, -0.05) is 37.1 Å². The van der Waals surface area contributed by atoms with E-state index in [1.165, 1.54) is 31.3 Å². The fraction of sp³-hybridized carbons (Fsp3) is 0.852. The molecule has 0 spiro atoms. The van der Waals surface area contributed by atoms with E-state index in [0.717, 1.165) is 32.5 Å². The molecule has 3 aliphatic carbocycles. The van der Waals surface area contributed by atoms with Crippen molar-refractivity contribution in [2.45, 2.75) is 96.7 Å². The van der Waals surface area contributed by atoms with Gasteiger partial charge in [0.05, 0.1) is 12.2 Å². The molecule has 0 amide bonds. The number of hydrogen-bond acceptors (Lipinski definition) is 3. The van der Waals surface area contributed by atoms with Crippen LogP contribution in [0.5, 0.6) is 0 Å². The van der Waals surface area contributed by atoms with Crippen molar-refractivity contribution in [3.63, 3.8) is 0 Å². The summed E-state index contributed by atoms with van der Waals surface area (Å²) in [6.07, 6.45) is 10.6. The van der Waals surface area contributed by atoms with Gasteiger partial charge in [-0.15, -0.1) is 0 Å². The highest BCUT2D eigenvalue weighted by Gasteiger charge is 2.50. The smallest absolute Gasteiger partial charge is 0.238 e. The largest absolute Gasteiger partial charge is 0.393 e. The molecule has 1 heterocycles. The van der Waals surface area contributed by atoms with Crippen molar-refractivity contribution in [1.82, 2.24) is 4.90 Å². The van der Waals surface area contributed by atoms with Crippen LogP contribution in [0.25, 0.3) is 0 Å². The Bertz CT molecular complexity index is 696. The lowest BCUT2D eigenvalue weighted by Crippen LogP contribution is -2.39. The number of aliphatic hydroxyl groups excluding tert-OH is 2. The van der Waals surface area contributed by atoms with E-state index in [4.69, 9.17) is 0 Å². The van der Waals surface area contributed by atoms with Crippen LogP contribution in [0.1, 0.15) is 78.1 Å². The topological polar surface area (TPSA) is 43.7 Å². The SMILES string of the molecule is C[C@H](CN1CC[C@H](CC(F)F)C1)[C@H]1CCC2/C(=C/C=C3C[C@@H](O)C[C@H](O)C3)CCC[C@@]21C. The highest BCUT2D eigenvalue weighted by molar-refractivity contribution is 5.26. The Morgan fingerprint density at radius 2 is 1.88 bits per heavy atom. The summed E-state index contributed by atoms with van der Waals surface area (Å²) >= 11 is 0. The molecule has 0 aromatic rings. The number of allylic oxidation sites excluding steroid dienone is 3. The minimum Gasteiger partial charge on any atom is -0.393 e. The summed E-state index contributed by atoms with van der Waals surface area (Å²) in [6.45, 7) is 7.77. The predicted octanol–water partition coefficient (Wildman–Crippen LogP) is 5.57. The van der Waals surface area contributed by atoms with Crippen molar-refractivity contribution >= 4 is 0 Å². The van der Waals surface area contributed by atoms with Gasteiger partial charge in [-0.05, 0) is 93.4 Å². The first-order valence-corrected chi connectivity index (χ1v) is 13.0. The second-order valence-electron chi connectivity index (χ2n) is 11.6. The van der Waals surface area contributed by atoms with E-state index in [-0.39, 0.29) is 12.3 Å². The summed E-state index contributed by atoms with van der Waals surface area (Å²) in [4.78, 5) is 2.44. The number of rotatable bonds is 6. The molecule has 1 aliphatic heterocycles. The Morgan fingerprint density at radius 3 is 2.59 bits per heavy atom. The Morgan fingerprint density at radius 1 is 1.12 bits per heavy atom. The lowest BCUT2D eigenvalue weighted by molar-refractivity contribution is 0.0609. The van der Waals surface area contributed by atoms with Crippen LogP contribution in [0.4, 0.5) is 8.78 Å². The molecule has 1 saturated heterocycles. The van der Waals surface area contributed by atoms with Crippen LogP contribution in [0.15, 0.2) is 23.3 Å². The molecule has 7 atom stereocenters. The maximum Gasteiger partial charge on any atom is 0.238 e. The van der Waals surface area contributed by atoms with Crippen LogP contribution in [0, 0.1) is 29.1 Å². The third-order valence-electron chi connectivity index (χ3n) is 9.23. The third-order valence-corrected chi connectivity index (χ3v) is 9.23. The van der Waals surface area contributed by atoms with Gasteiger partial charge in [0.1, 0.15) is 0 Å². The Balaban J connectivity index is 1.39. The van der Waals surface area contributed by atoms with E-state index in [9.17, 15) is 19.0 Å². The maximum absolute atomic E-state index is 12.8. The van der Waals surface area contributed by atoms with Gasteiger partial charge in [0, 0.05) is 19.5 Å². The van der Waals surface area contributed by atoms with Crippen molar-refractivity contribution in [2.75, 3.05) is 19.6 Å². The molecule has 2 N–H and O–H groups in total. The molecule has 0 bridgehead atoms. The van der Waals surface area contributed by atoms with Gasteiger partial charge in [-0.2, -0.15) is 0 Å². The molecule has 1 unspecified atom stereocenters. The van der Waals surface area contributed by atoms with E-state index in [2.05, 4.69) is 30.9 Å². The molecule has 5 heteroatoms. The molecule has 4 aliphatic rings. The Kier molecular flexibility index (Phi) is 7.78. The van der Waals surface area contributed by atoms with Crippen LogP contribution in [-0.2, 0) is 0 Å².